The molecule has 1 heterocycles. The molecule has 1 aliphatic carbocycles. The topological polar surface area (TPSA) is 49.4 Å². The molecular weight excluding hydrogens is 308 g/mol. The van der Waals surface area contributed by atoms with Gasteiger partial charge in [-0.3, -0.25) is 4.31 Å². The molecule has 0 saturated heterocycles. The minimum atomic E-state index is -3.20. The highest BCUT2D eigenvalue weighted by Gasteiger charge is 2.30. The van der Waals surface area contributed by atoms with E-state index in [2.05, 4.69) is 5.32 Å². The SMILES string of the molecule is Cl.O=S(=O)(CC1CCCCC1)N1CCNc2ccccc21. The second-order valence-electron chi connectivity index (χ2n) is 5.80. The van der Waals surface area contributed by atoms with Crippen molar-refractivity contribution >= 4 is 33.8 Å². The molecule has 1 aromatic rings. The average Bonchev–Trinajstić information content (AvgIpc) is 2.47. The van der Waals surface area contributed by atoms with Gasteiger partial charge < -0.3 is 5.32 Å². The number of anilines is 2. The molecule has 6 heteroatoms. The maximum atomic E-state index is 12.7. The summed E-state index contributed by atoms with van der Waals surface area (Å²) in [5.41, 5.74) is 1.72. The molecule has 1 saturated carbocycles. The molecule has 0 unspecified atom stereocenters. The average molecular weight is 331 g/mol. The summed E-state index contributed by atoms with van der Waals surface area (Å²) in [7, 11) is -3.20. The number of hydrogen-bond acceptors (Lipinski definition) is 3. The quantitative estimate of drug-likeness (QED) is 0.925. The molecule has 118 valence electrons. The third-order valence-electron chi connectivity index (χ3n) is 4.31. The van der Waals surface area contributed by atoms with Crippen LogP contribution in [0.15, 0.2) is 24.3 Å². The Balaban J connectivity index is 0.00000161. The first kappa shape index (κ1) is 16.4. The lowest BCUT2D eigenvalue weighted by Gasteiger charge is -2.33. The molecule has 0 radical (unpaired) electrons. The van der Waals surface area contributed by atoms with Crippen molar-refractivity contribution in [1.82, 2.24) is 0 Å². The molecule has 4 nitrogen and oxygen atoms in total. The lowest BCUT2D eigenvalue weighted by molar-refractivity contribution is 0.384. The van der Waals surface area contributed by atoms with Gasteiger partial charge in [0.1, 0.15) is 0 Å². The van der Waals surface area contributed by atoms with E-state index >= 15 is 0 Å². The van der Waals surface area contributed by atoms with Gasteiger partial charge in [-0.15, -0.1) is 12.4 Å². The molecule has 2 aliphatic rings. The summed E-state index contributed by atoms with van der Waals surface area (Å²) in [6.07, 6.45) is 5.74. The maximum absolute atomic E-state index is 12.7. The Bertz CT molecular complexity index is 571. The minimum Gasteiger partial charge on any atom is -0.382 e. The van der Waals surface area contributed by atoms with E-state index in [0.717, 1.165) is 24.2 Å². The van der Waals surface area contributed by atoms with Crippen LogP contribution in [0.3, 0.4) is 0 Å². The summed E-state index contributed by atoms with van der Waals surface area (Å²) < 4.78 is 27.0. The van der Waals surface area contributed by atoms with Crippen molar-refractivity contribution in [3.8, 4) is 0 Å². The first-order chi connectivity index (χ1) is 9.67. The number of hydrogen-bond donors (Lipinski definition) is 1. The highest BCUT2D eigenvalue weighted by Crippen LogP contribution is 2.32. The highest BCUT2D eigenvalue weighted by molar-refractivity contribution is 7.92. The molecule has 1 fully saturated rings. The predicted molar refractivity (Wildman–Crippen MR) is 89.9 cm³/mol. The number of benzene rings is 1. The predicted octanol–water partition coefficient (Wildman–Crippen LogP) is 3.25. The Hall–Kier alpha value is -0.940. The van der Waals surface area contributed by atoms with Gasteiger partial charge in [0.15, 0.2) is 0 Å². The summed E-state index contributed by atoms with van der Waals surface area (Å²) in [6, 6.07) is 7.66. The van der Waals surface area contributed by atoms with Gasteiger partial charge in [-0.2, -0.15) is 0 Å². The lowest BCUT2D eigenvalue weighted by Crippen LogP contribution is -2.41. The summed E-state index contributed by atoms with van der Waals surface area (Å²) in [4.78, 5) is 0. The first-order valence-corrected chi connectivity index (χ1v) is 9.11. The Kier molecular flexibility index (Phi) is 5.38. The van der Waals surface area contributed by atoms with Crippen LogP contribution in [0.4, 0.5) is 11.4 Å². The molecule has 1 N–H and O–H groups in total. The van der Waals surface area contributed by atoms with Crippen molar-refractivity contribution in [2.45, 2.75) is 32.1 Å². The first-order valence-electron chi connectivity index (χ1n) is 7.50. The summed E-state index contributed by atoms with van der Waals surface area (Å²) >= 11 is 0. The van der Waals surface area contributed by atoms with Crippen LogP contribution in [0, 0.1) is 5.92 Å². The number of rotatable bonds is 3. The van der Waals surface area contributed by atoms with Gasteiger partial charge in [0.05, 0.1) is 23.7 Å². The lowest BCUT2D eigenvalue weighted by atomic mass is 9.91. The van der Waals surface area contributed by atoms with Gasteiger partial charge in [0.25, 0.3) is 0 Å². The van der Waals surface area contributed by atoms with Crippen molar-refractivity contribution in [2.24, 2.45) is 5.92 Å². The zero-order valence-corrected chi connectivity index (χ0v) is 13.8. The van der Waals surface area contributed by atoms with E-state index < -0.39 is 10.0 Å². The maximum Gasteiger partial charge on any atom is 0.235 e. The monoisotopic (exact) mass is 330 g/mol. The van der Waals surface area contributed by atoms with Gasteiger partial charge in [-0.25, -0.2) is 8.42 Å². The Morgan fingerprint density at radius 3 is 2.62 bits per heavy atom. The Morgan fingerprint density at radius 1 is 1.14 bits per heavy atom. The number of para-hydroxylation sites is 2. The van der Waals surface area contributed by atoms with Crippen molar-refractivity contribution in [1.29, 1.82) is 0 Å². The van der Waals surface area contributed by atoms with Crippen LogP contribution in [-0.4, -0.2) is 27.3 Å². The number of halogens is 1. The van der Waals surface area contributed by atoms with E-state index in [1.807, 2.05) is 24.3 Å². The van der Waals surface area contributed by atoms with Crippen LogP contribution in [0.25, 0.3) is 0 Å². The van der Waals surface area contributed by atoms with Gasteiger partial charge in [0.2, 0.25) is 10.0 Å². The van der Waals surface area contributed by atoms with Crippen LogP contribution in [-0.2, 0) is 10.0 Å². The number of nitrogens with one attached hydrogen (secondary N) is 1. The van der Waals surface area contributed by atoms with Crippen molar-refractivity contribution in [2.75, 3.05) is 28.5 Å². The fourth-order valence-electron chi connectivity index (χ4n) is 3.28. The zero-order valence-electron chi connectivity index (χ0n) is 12.1. The Labute approximate surface area is 133 Å². The van der Waals surface area contributed by atoms with E-state index in [0.29, 0.717) is 24.8 Å². The number of nitrogens with zero attached hydrogens (tertiary/aromatic N) is 1. The molecule has 21 heavy (non-hydrogen) atoms. The largest absolute Gasteiger partial charge is 0.382 e. The minimum absolute atomic E-state index is 0. The third kappa shape index (κ3) is 3.64. The van der Waals surface area contributed by atoms with Crippen LogP contribution < -0.4 is 9.62 Å². The van der Waals surface area contributed by atoms with E-state index in [1.165, 1.54) is 19.3 Å². The highest BCUT2D eigenvalue weighted by atomic mass is 35.5. The summed E-state index contributed by atoms with van der Waals surface area (Å²) in [5, 5.41) is 3.26. The van der Waals surface area contributed by atoms with Crippen LogP contribution in [0.2, 0.25) is 0 Å². The molecule has 0 spiro atoms. The molecule has 0 atom stereocenters. The zero-order chi connectivity index (χ0) is 14.0. The van der Waals surface area contributed by atoms with Crippen molar-refractivity contribution < 1.29 is 8.42 Å². The number of sulfonamides is 1. The summed E-state index contributed by atoms with van der Waals surface area (Å²) in [5.74, 6) is 0.650. The van der Waals surface area contributed by atoms with Gasteiger partial charge in [-0.05, 0) is 30.9 Å². The smallest absolute Gasteiger partial charge is 0.235 e. The normalized spacial score (nSPS) is 19.3. The fraction of sp³-hybridized carbons (Fsp3) is 0.600. The van der Waals surface area contributed by atoms with Crippen LogP contribution >= 0.6 is 12.4 Å². The van der Waals surface area contributed by atoms with Gasteiger partial charge >= 0.3 is 0 Å². The second kappa shape index (κ2) is 6.88. The molecule has 0 aromatic heterocycles. The molecule has 0 bridgehead atoms. The molecule has 1 aromatic carbocycles. The van der Waals surface area contributed by atoms with E-state index in [-0.39, 0.29) is 12.4 Å². The van der Waals surface area contributed by atoms with Gasteiger partial charge in [-0.1, -0.05) is 31.4 Å². The standard InChI is InChI=1S/C15H22N2O2S.ClH/c18-20(19,12-13-6-2-1-3-7-13)17-11-10-16-14-8-4-5-9-15(14)17;/h4-5,8-9,13,16H,1-3,6-7,10-12H2;1H. The Morgan fingerprint density at radius 2 is 1.86 bits per heavy atom. The van der Waals surface area contributed by atoms with Gasteiger partial charge in [0, 0.05) is 6.54 Å². The number of fused-ring (bicyclic) bond motifs is 1. The van der Waals surface area contributed by atoms with Crippen molar-refractivity contribution in [3.63, 3.8) is 0 Å². The molecule has 0 amide bonds. The second-order valence-corrected chi connectivity index (χ2v) is 7.74. The fourth-order valence-corrected chi connectivity index (χ4v) is 5.22. The van der Waals surface area contributed by atoms with Crippen LogP contribution in [0.5, 0.6) is 0 Å². The third-order valence-corrected chi connectivity index (χ3v) is 6.25. The van der Waals surface area contributed by atoms with Crippen LogP contribution in [0.1, 0.15) is 32.1 Å². The molecule has 3 rings (SSSR count). The van der Waals surface area contributed by atoms with E-state index in [1.54, 1.807) is 4.31 Å². The molecule has 1 aliphatic heterocycles. The van der Waals surface area contributed by atoms with Crippen molar-refractivity contribution in [3.05, 3.63) is 24.3 Å². The molecular formula is C15H23ClN2O2S. The van der Waals surface area contributed by atoms with E-state index in [9.17, 15) is 8.42 Å². The summed E-state index contributed by atoms with van der Waals surface area (Å²) in [6.45, 7) is 1.22. The van der Waals surface area contributed by atoms with E-state index in [4.69, 9.17) is 0 Å².